The molecule has 0 atom stereocenters. The number of aryl methyl sites for hydroxylation is 1. The van der Waals surface area contributed by atoms with Gasteiger partial charge in [0.05, 0.1) is 11.3 Å². The van der Waals surface area contributed by atoms with Gasteiger partial charge in [-0.25, -0.2) is 0 Å². The van der Waals surface area contributed by atoms with E-state index in [1.54, 1.807) is 12.1 Å². The predicted octanol–water partition coefficient (Wildman–Crippen LogP) is 2.46. The number of rotatable bonds is 3. The predicted molar refractivity (Wildman–Crippen MR) is 54.6 cm³/mol. The summed E-state index contributed by atoms with van der Waals surface area (Å²) < 4.78 is 0. The van der Waals surface area contributed by atoms with Gasteiger partial charge >= 0.3 is 0 Å². The summed E-state index contributed by atoms with van der Waals surface area (Å²) in [5.74, 6) is 0. The first-order chi connectivity index (χ1) is 6.29. The number of hydrogen-bond acceptors (Lipinski definition) is 2. The average molecular weight is 172 g/mol. The molecule has 0 amide bonds. The molecule has 0 aliphatic carbocycles. The van der Waals surface area contributed by atoms with Crippen molar-refractivity contribution in [2.45, 2.75) is 6.92 Å². The summed E-state index contributed by atoms with van der Waals surface area (Å²) in [5.41, 5.74) is 2.67. The standard InChI is InChI=1S/C11H12N2/c1-3-7-13-11-9(2)5-4-6-10(11)8-12/h3-6,13H,1,7H2,2H3. The van der Waals surface area contributed by atoms with Crippen LogP contribution < -0.4 is 5.32 Å². The maximum atomic E-state index is 8.83. The van der Waals surface area contributed by atoms with Crippen LogP contribution in [0.15, 0.2) is 30.9 Å². The smallest absolute Gasteiger partial charge is 0.101 e. The molecule has 0 unspecified atom stereocenters. The number of nitrogens with one attached hydrogen (secondary N) is 1. The van der Waals surface area contributed by atoms with Crippen LogP contribution in [0, 0.1) is 18.3 Å². The maximum Gasteiger partial charge on any atom is 0.101 e. The molecule has 1 aromatic carbocycles. The van der Waals surface area contributed by atoms with Crippen molar-refractivity contribution in [1.29, 1.82) is 5.26 Å². The normalized spacial score (nSPS) is 8.92. The largest absolute Gasteiger partial charge is 0.380 e. The highest BCUT2D eigenvalue weighted by Crippen LogP contribution is 2.18. The van der Waals surface area contributed by atoms with Crippen molar-refractivity contribution in [3.8, 4) is 6.07 Å². The second-order valence-electron chi connectivity index (χ2n) is 2.78. The van der Waals surface area contributed by atoms with Gasteiger partial charge in [-0.15, -0.1) is 6.58 Å². The van der Waals surface area contributed by atoms with Crippen molar-refractivity contribution in [1.82, 2.24) is 0 Å². The molecule has 0 spiro atoms. The highest BCUT2D eigenvalue weighted by Gasteiger charge is 2.02. The van der Waals surface area contributed by atoms with Gasteiger partial charge in [-0.1, -0.05) is 18.2 Å². The van der Waals surface area contributed by atoms with Gasteiger partial charge in [0, 0.05) is 6.54 Å². The lowest BCUT2D eigenvalue weighted by atomic mass is 10.1. The average Bonchev–Trinajstić information content (AvgIpc) is 2.15. The Bertz CT molecular complexity index is 348. The Labute approximate surface area is 78.5 Å². The zero-order valence-electron chi connectivity index (χ0n) is 7.67. The second kappa shape index (κ2) is 4.32. The van der Waals surface area contributed by atoms with Crippen LogP contribution in [0.3, 0.4) is 0 Å². The lowest BCUT2D eigenvalue weighted by Crippen LogP contribution is -2.01. The Morgan fingerprint density at radius 3 is 3.00 bits per heavy atom. The highest BCUT2D eigenvalue weighted by atomic mass is 14.9. The molecule has 0 aliphatic rings. The number of hydrogen-bond donors (Lipinski definition) is 1. The van der Waals surface area contributed by atoms with Crippen LogP contribution in [0.1, 0.15) is 11.1 Å². The SMILES string of the molecule is C=CCNc1c(C)cccc1C#N. The Morgan fingerprint density at radius 2 is 2.38 bits per heavy atom. The fourth-order valence-electron chi connectivity index (χ4n) is 1.17. The van der Waals surface area contributed by atoms with Crippen molar-refractivity contribution in [2.24, 2.45) is 0 Å². The lowest BCUT2D eigenvalue weighted by Gasteiger charge is -2.08. The molecule has 0 bridgehead atoms. The first kappa shape index (κ1) is 9.34. The number of nitrogens with zero attached hydrogens (tertiary/aromatic N) is 1. The van der Waals surface area contributed by atoms with Crippen LogP contribution >= 0.6 is 0 Å². The van der Waals surface area contributed by atoms with Crippen molar-refractivity contribution in [2.75, 3.05) is 11.9 Å². The number of anilines is 1. The van der Waals surface area contributed by atoms with Crippen molar-refractivity contribution >= 4 is 5.69 Å². The zero-order valence-corrected chi connectivity index (χ0v) is 7.67. The highest BCUT2D eigenvalue weighted by molar-refractivity contribution is 5.62. The number of nitriles is 1. The minimum atomic E-state index is 0.680. The monoisotopic (exact) mass is 172 g/mol. The van der Waals surface area contributed by atoms with E-state index in [2.05, 4.69) is 18.0 Å². The van der Waals surface area contributed by atoms with Crippen molar-refractivity contribution in [3.05, 3.63) is 42.0 Å². The van der Waals surface area contributed by atoms with E-state index < -0.39 is 0 Å². The summed E-state index contributed by atoms with van der Waals surface area (Å²) in [6.07, 6.45) is 1.77. The third-order valence-corrected chi connectivity index (χ3v) is 1.82. The maximum absolute atomic E-state index is 8.83. The molecule has 13 heavy (non-hydrogen) atoms. The summed E-state index contributed by atoms with van der Waals surface area (Å²) in [7, 11) is 0. The van der Waals surface area contributed by atoms with Gasteiger partial charge in [0.25, 0.3) is 0 Å². The van der Waals surface area contributed by atoms with Gasteiger partial charge in [-0.2, -0.15) is 5.26 Å². The van der Waals surface area contributed by atoms with E-state index in [4.69, 9.17) is 5.26 Å². The topological polar surface area (TPSA) is 35.8 Å². The van der Waals surface area contributed by atoms with E-state index >= 15 is 0 Å². The molecular formula is C11H12N2. The van der Waals surface area contributed by atoms with E-state index in [0.717, 1.165) is 11.3 Å². The molecule has 0 aliphatic heterocycles. The minimum Gasteiger partial charge on any atom is -0.380 e. The fourth-order valence-corrected chi connectivity index (χ4v) is 1.17. The zero-order chi connectivity index (χ0) is 9.68. The van der Waals surface area contributed by atoms with Crippen LogP contribution in [0.25, 0.3) is 0 Å². The van der Waals surface area contributed by atoms with Crippen LogP contribution in [0.4, 0.5) is 5.69 Å². The second-order valence-corrected chi connectivity index (χ2v) is 2.78. The molecule has 0 saturated carbocycles. The molecule has 0 fully saturated rings. The van der Waals surface area contributed by atoms with Gasteiger partial charge in [0.1, 0.15) is 6.07 Å². The van der Waals surface area contributed by atoms with E-state index in [0.29, 0.717) is 12.1 Å². The molecule has 0 heterocycles. The van der Waals surface area contributed by atoms with Crippen LogP contribution in [-0.2, 0) is 0 Å². The fraction of sp³-hybridized carbons (Fsp3) is 0.182. The van der Waals surface area contributed by atoms with Crippen LogP contribution in [-0.4, -0.2) is 6.54 Å². The molecule has 2 heteroatoms. The quantitative estimate of drug-likeness (QED) is 0.711. The van der Waals surface area contributed by atoms with E-state index in [1.807, 2.05) is 19.1 Å². The van der Waals surface area contributed by atoms with Crippen molar-refractivity contribution in [3.63, 3.8) is 0 Å². The van der Waals surface area contributed by atoms with E-state index in [1.165, 1.54) is 0 Å². The summed E-state index contributed by atoms with van der Waals surface area (Å²) >= 11 is 0. The molecule has 0 saturated heterocycles. The molecule has 0 radical (unpaired) electrons. The van der Waals surface area contributed by atoms with Crippen molar-refractivity contribution < 1.29 is 0 Å². The third kappa shape index (κ3) is 2.09. The number of benzene rings is 1. The Morgan fingerprint density at radius 1 is 1.62 bits per heavy atom. The summed E-state index contributed by atoms with van der Waals surface area (Å²) in [5, 5.41) is 12.0. The summed E-state index contributed by atoms with van der Waals surface area (Å²) in [6.45, 7) is 6.27. The third-order valence-electron chi connectivity index (χ3n) is 1.82. The minimum absolute atomic E-state index is 0.680. The van der Waals surface area contributed by atoms with Crippen LogP contribution in [0.2, 0.25) is 0 Å². The molecule has 66 valence electrons. The Balaban J connectivity index is 3.02. The molecule has 1 rings (SSSR count). The Kier molecular flexibility index (Phi) is 3.10. The molecule has 2 nitrogen and oxygen atoms in total. The Hall–Kier alpha value is -1.75. The van der Waals surface area contributed by atoms with Gasteiger partial charge in [-0.3, -0.25) is 0 Å². The van der Waals surface area contributed by atoms with Gasteiger partial charge in [0.2, 0.25) is 0 Å². The molecule has 1 N–H and O–H groups in total. The first-order valence-electron chi connectivity index (χ1n) is 4.14. The summed E-state index contributed by atoms with van der Waals surface area (Å²) in [6, 6.07) is 7.81. The van der Waals surface area contributed by atoms with E-state index in [9.17, 15) is 0 Å². The van der Waals surface area contributed by atoms with E-state index in [-0.39, 0.29) is 0 Å². The van der Waals surface area contributed by atoms with Crippen LogP contribution in [0.5, 0.6) is 0 Å². The van der Waals surface area contributed by atoms with Gasteiger partial charge in [0.15, 0.2) is 0 Å². The van der Waals surface area contributed by atoms with Gasteiger partial charge < -0.3 is 5.32 Å². The number of para-hydroxylation sites is 1. The summed E-state index contributed by atoms with van der Waals surface area (Å²) in [4.78, 5) is 0. The van der Waals surface area contributed by atoms with Gasteiger partial charge in [-0.05, 0) is 18.6 Å². The lowest BCUT2D eigenvalue weighted by molar-refractivity contribution is 1.29. The first-order valence-corrected chi connectivity index (χ1v) is 4.14. The molecule has 0 aromatic heterocycles. The molecular weight excluding hydrogens is 160 g/mol. The molecule has 1 aromatic rings.